The molecule has 0 spiro atoms. The van der Waals surface area contributed by atoms with Crippen molar-refractivity contribution in [3.63, 3.8) is 0 Å². The number of nitrogens with one attached hydrogen (secondary N) is 3. The lowest BCUT2D eigenvalue weighted by molar-refractivity contribution is -0.384. The van der Waals surface area contributed by atoms with Crippen LogP contribution >= 0.6 is 24.0 Å². The van der Waals surface area contributed by atoms with Crippen LogP contribution in [0, 0.1) is 10.1 Å². The van der Waals surface area contributed by atoms with Gasteiger partial charge in [-0.05, 0) is 19.1 Å². The summed E-state index contributed by atoms with van der Waals surface area (Å²) in [6.45, 7) is 8.32. The highest BCUT2D eigenvalue weighted by Crippen LogP contribution is 2.14. The summed E-state index contributed by atoms with van der Waals surface area (Å²) in [7, 11) is 0. The Bertz CT molecular complexity index is 491. The minimum absolute atomic E-state index is 0. The molecule has 0 saturated carbocycles. The summed E-state index contributed by atoms with van der Waals surface area (Å²) in [5.41, 5.74) is 0.918. The molecule has 0 aliphatic heterocycles. The zero-order valence-electron chi connectivity index (χ0n) is 12.5. The second-order valence-corrected chi connectivity index (χ2v) is 4.16. The molecule has 0 saturated heterocycles. The van der Waals surface area contributed by atoms with Crippen LogP contribution in [-0.4, -0.2) is 37.1 Å². The molecule has 22 heavy (non-hydrogen) atoms. The quantitative estimate of drug-likeness (QED) is 0.115. The molecule has 1 rings (SSSR count). The topological polar surface area (TPSA) is 91.6 Å². The average Bonchev–Trinajstić information content (AvgIpc) is 2.49. The Hall–Kier alpha value is -1.84. The minimum atomic E-state index is -0.415. The van der Waals surface area contributed by atoms with Crippen molar-refractivity contribution in [2.24, 2.45) is 4.99 Å². The molecule has 122 valence electrons. The van der Waals surface area contributed by atoms with Gasteiger partial charge in [0, 0.05) is 37.5 Å². The number of guanidine groups is 1. The lowest BCUT2D eigenvalue weighted by Crippen LogP contribution is -2.37. The number of nitro benzene ring substituents is 1. The van der Waals surface area contributed by atoms with E-state index in [1.165, 1.54) is 12.1 Å². The van der Waals surface area contributed by atoms with E-state index in [0.29, 0.717) is 19.6 Å². The molecular formula is C14H22IN5O2. The van der Waals surface area contributed by atoms with Crippen LogP contribution in [0.15, 0.2) is 41.9 Å². The van der Waals surface area contributed by atoms with Gasteiger partial charge in [-0.15, -0.1) is 30.6 Å². The van der Waals surface area contributed by atoms with Crippen LogP contribution in [0.25, 0.3) is 0 Å². The van der Waals surface area contributed by atoms with Gasteiger partial charge in [-0.3, -0.25) is 15.1 Å². The molecule has 0 atom stereocenters. The zero-order chi connectivity index (χ0) is 15.5. The van der Waals surface area contributed by atoms with Crippen LogP contribution in [0.4, 0.5) is 11.4 Å². The Morgan fingerprint density at radius 3 is 2.59 bits per heavy atom. The van der Waals surface area contributed by atoms with Gasteiger partial charge in [0.15, 0.2) is 5.96 Å². The van der Waals surface area contributed by atoms with E-state index in [4.69, 9.17) is 0 Å². The van der Waals surface area contributed by atoms with Gasteiger partial charge in [-0.25, -0.2) is 0 Å². The first kappa shape index (κ1) is 20.2. The first-order valence-corrected chi connectivity index (χ1v) is 6.78. The van der Waals surface area contributed by atoms with E-state index in [-0.39, 0.29) is 29.7 Å². The van der Waals surface area contributed by atoms with Crippen molar-refractivity contribution in [1.29, 1.82) is 0 Å². The van der Waals surface area contributed by atoms with E-state index in [1.54, 1.807) is 18.2 Å². The van der Waals surface area contributed by atoms with Crippen molar-refractivity contribution in [1.82, 2.24) is 10.6 Å². The summed E-state index contributed by atoms with van der Waals surface area (Å²) in [6, 6.07) is 6.31. The van der Waals surface area contributed by atoms with Gasteiger partial charge < -0.3 is 16.0 Å². The maximum atomic E-state index is 10.5. The molecule has 0 aromatic heterocycles. The Morgan fingerprint density at radius 2 is 2.05 bits per heavy atom. The van der Waals surface area contributed by atoms with Crippen molar-refractivity contribution < 1.29 is 4.92 Å². The summed E-state index contributed by atoms with van der Waals surface area (Å²) in [5, 5.41) is 19.9. The fourth-order valence-corrected chi connectivity index (χ4v) is 1.58. The molecule has 0 bridgehead atoms. The number of nitrogens with zero attached hydrogens (tertiary/aromatic N) is 2. The van der Waals surface area contributed by atoms with Gasteiger partial charge in [0.2, 0.25) is 0 Å². The number of benzene rings is 1. The monoisotopic (exact) mass is 419 g/mol. The number of aliphatic imine (C=N–C) groups is 1. The molecule has 0 aliphatic rings. The highest BCUT2D eigenvalue weighted by atomic mass is 127. The number of hydrogen-bond acceptors (Lipinski definition) is 4. The molecule has 1 aromatic carbocycles. The maximum Gasteiger partial charge on any atom is 0.269 e. The van der Waals surface area contributed by atoms with Crippen molar-refractivity contribution in [2.45, 2.75) is 6.92 Å². The molecule has 1 aromatic rings. The van der Waals surface area contributed by atoms with Crippen LogP contribution in [-0.2, 0) is 0 Å². The minimum Gasteiger partial charge on any atom is -0.383 e. The second-order valence-electron chi connectivity index (χ2n) is 4.16. The lowest BCUT2D eigenvalue weighted by Gasteiger charge is -2.10. The summed E-state index contributed by atoms with van der Waals surface area (Å²) in [4.78, 5) is 14.5. The highest BCUT2D eigenvalue weighted by molar-refractivity contribution is 14.0. The van der Waals surface area contributed by atoms with Gasteiger partial charge in [-0.1, -0.05) is 6.08 Å². The van der Waals surface area contributed by atoms with E-state index < -0.39 is 4.92 Å². The van der Waals surface area contributed by atoms with Crippen LogP contribution in [0.2, 0.25) is 0 Å². The normalized spacial score (nSPS) is 10.3. The SMILES string of the molecule is C=CCNC(=NCCNc1ccc([N+](=O)[O-])cc1)NCC.I. The lowest BCUT2D eigenvalue weighted by atomic mass is 10.3. The number of non-ortho nitro benzene ring substituents is 1. The molecule has 7 nitrogen and oxygen atoms in total. The molecule has 8 heteroatoms. The highest BCUT2D eigenvalue weighted by Gasteiger charge is 2.03. The standard InChI is InChI=1S/C14H21N5O2.HI/c1-3-9-17-14(15-4-2)18-11-10-16-12-5-7-13(8-6-12)19(20)21;/h3,5-8,16H,1,4,9-11H2,2H3,(H2,15,17,18);1H. The van der Waals surface area contributed by atoms with Crippen molar-refractivity contribution in [3.8, 4) is 0 Å². The molecule has 0 amide bonds. The van der Waals surface area contributed by atoms with E-state index in [0.717, 1.165) is 18.2 Å². The van der Waals surface area contributed by atoms with E-state index in [9.17, 15) is 10.1 Å². The third-order valence-electron chi connectivity index (χ3n) is 2.55. The zero-order valence-corrected chi connectivity index (χ0v) is 14.9. The fraction of sp³-hybridized carbons (Fsp3) is 0.357. The van der Waals surface area contributed by atoms with Crippen LogP contribution < -0.4 is 16.0 Å². The summed E-state index contributed by atoms with van der Waals surface area (Å²) in [5.74, 6) is 0.739. The molecular weight excluding hydrogens is 397 g/mol. The second kappa shape index (κ2) is 11.8. The van der Waals surface area contributed by atoms with Gasteiger partial charge in [0.1, 0.15) is 0 Å². The summed E-state index contributed by atoms with van der Waals surface area (Å²) >= 11 is 0. The van der Waals surface area contributed by atoms with Crippen molar-refractivity contribution in [2.75, 3.05) is 31.5 Å². The Morgan fingerprint density at radius 1 is 1.36 bits per heavy atom. The summed E-state index contributed by atoms with van der Waals surface area (Å²) in [6.07, 6.45) is 1.77. The molecule has 0 fully saturated rings. The van der Waals surface area contributed by atoms with Gasteiger partial charge in [0.25, 0.3) is 5.69 Å². The Balaban J connectivity index is 0.00000441. The summed E-state index contributed by atoms with van der Waals surface area (Å²) < 4.78 is 0. The number of nitro groups is 1. The largest absolute Gasteiger partial charge is 0.383 e. The third-order valence-corrected chi connectivity index (χ3v) is 2.55. The molecule has 0 unspecified atom stereocenters. The van der Waals surface area contributed by atoms with Crippen LogP contribution in [0.5, 0.6) is 0 Å². The first-order valence-electron chi connectivity index (χ1n) is 6.78. The number of anilines is 1. The van der Waals surface area contributed by atoms with Gasteiger partial charge >= 0.3 is 0 Å². The van der Waals surface area contributed by atoms with Gasteiger partial charge in [-0.2, -0.15) is 0 Å². The number of halogens is 1. The number of hydrogen-bond donors (Lipinski definition) is 3. The predicted molar refractivity (Wildman–Crippen MR) is 101 cm³/mol. The molecule has 3 N–H and O–H groups in total. The molecule has 0 aliphatic carbocycles. The molecule has 0 heterocycles. The predicted octanol–water partition coefficient (Wildman–Crippen LogP) is 2.37. The average molecular weight is 419 g/mol. The first-order chi connectivity index (χ1) is 10.2. The Labute approximate surface area is 147 Å². The third kappa shape index (κ3) is 7.81. The van der Waals surface area contributed by atoms with Gasteiger partial charge in [0.05, 0.1) is 11.5 Å². The maximum absolute atomic E-state index is 10.5. The van der Waals surface area contributed by atoms with E-state index in [1.807, 2.05) is 6.92 Å². The van der Waals surface area contributed by atoms with E-state index >= 15 is 0 Å². The fourth-order valence-electron chi connectivity index (χ4n) is 1.58. The number of rotatable bonds is 8. The van der Waals surface area contributed by atoms with Crippen molar-refractivity contribution >= 4 is 41.3 Å². The van der Waals surface area contributed by atoms with Crippen LogP contribution in [0.3, 0.4) is 0 Å². The Kier molecular flexibility index (Phi) is 10.8. The van der Waals surface area contributed by atoms with E-state index in [2.05, 4.69) is 27.5 Å². The van der Waals surface area contributed by atoms with Crippen molar-refractivity contribution in [3.05, 3.63) is 47.0 Å². The van der Waals surface area contributed by atoms with Crippen LogP contribution in [0.1, 0.15) is 6.92 Å². The molecule has 0 radical (unpaired) electrons. The smallest absolute Gasteiger partial charge is 0.269 e.